The molecule has 1 saturated carbocycles. The number of ether oxygens (including phenoxy) is 3. The highest BCUT2D eigenvalue weighted by Gasteiger charge is 2.89. The van der Waals surface area contributed by atoms with Crippen molar-refractivity contribution in [2.45, 2.75) is 129 Å². The first-order valence-corrected chi connectivity index (χ1v) is 18.6. The van der Waals surface area contributed by atoms with Crippen molar-refractivity contribution in [3.05, 3.63) is 53.1 Å². The minimum Gasteiger partial charge on any atom is -0.497 e. The van der Waals surface area contributed by atoms with E-state index in [4.69, 9.17) is 18.6 Å². The van der Waals surface area contributed by atoms with Crippen molar-refractivity contribution >= 4 is 8.32 Å². The molecule has 1 heterocycles. The molecule has 0 radical (unpaired) electrons. The van der Waals surface area contributed by atoms with Crippen LogP contribution in [0.15, 0.2) is 47.6 Å². The van der Waals surface area contributed by atoms with E-state index in [2.05, 4.69) is 66.1 Å². The number of rotatable bonds is 12. The predicted octanol–water partition coefficient (Wildman–Crippen LogP) is 7.55. The fraction of sp³-hybridized carbons (Fsp3) is 0.667. The molecule has 3 rings (SSSR count). The Labute approximate surface area is 262 Å². The first kappa shape index (κ1) is 35.6. The first-order chi connectivity index (χ1) is 19.8. The average Bonchev–Trinajstić information content (AvgIpc) is 3.30. The Morgan fingerprint density at radius 2 is 1.79 bits per heavy atom. The molecule has 0 amide bonds. The summed E-state index contributed by atoms with van der Waals surface area (Å²) in [4.78, 5) is 0. The van der Waals surface area contributed by atoms with Gasteiger partial charge in [-0.05, 0) is 74.0 Å². The van der Waals surface area contributed by atoms with Crippen molar-refractivity contribution in [2.75, 3.05) is 13.7 Å². The summed E-state index contributed by atoms with van der Waals surface area (Å²) < 4.78 is 24.5. The molecule has 43 heavy (non-hydrogen) atoms. The van der Waals surface area contributed by atoms with Crippen LogP contribution in [0, 0.1) is 23.2 Å². The number of fused-ring (bicyclic) bond motifs is 1. The molecule has 1 aromatic carbocycles. The Bertz CT molecular complexity index is 1230. The second-order valence-corrected chi connectivity index (χ2v) is 19.4. The summed E-state index contributed by atoms with van der Waals surface area (Å²) in [5.41, 5.74) is 0.269. The van der Waals surface area contributed by atoms with Gasteiger partial charge in [-0.25, -0.2) is 0 Å². The van der Waals surface area contributed by atoms with Crippen LogP contribution in [0.2, 0.25) is 18.1 Å². The van der Waals surface area contributed by atoms with Crippen molar-refractivity contribution < 1.29 is 28.8 Å². The van der Waals surface area contributed by atoms with Gasteiger partial charge in [0.05, 0.1) is 20.3 Å². The average molecular weight is 613 g/mol. The number of aliphatic hydroxyl groups is 2. The topological polar surface area (TPSA) is 77.4 Å². The first-order valence-electron chi connectivity index (χ1n) is 15.7. The maximum atomic E-state index is 12.4. The van der Waals surface area contributed by atoms with E-state index in [1.165, 1.54) is 0 Å². The van der Waals surface area contributed by atoms with Crippen LogP contribution in [0.1, 0.15) is 86.6 Å². The zero-order valence-electron chi connectivity index (χ0n) is 28.5. The second kappa shape index (κ2) is 13.2. The summed E-state index contributed by atoms with van der Waals surface area (Å²) in [6.07, 6.45) is 0.786. The third kappa shape index (κ3) is 7.00. The molecule has 1 aliphatic heterocycles. The van der Waals surface area contributed by atoms with Crippen LogP contribution in [-0.2, 0) is 20.5 Å². The minimum absolute atomic E-state index is 0.00608. The molecule has 0 aromatic heterocycles. The monoisotopic (exact) mass is 612 g/mol. The third-order valence-corrected chi connectivity index (χ3v) is 14.6. The van der Waals surface area contributed by atoms with Crippen LogP contribution >= 0.6 is 0 Å². The summed E-state index contributed by atoms with van der Waals surface area (Å²) in [5.74, 6) is 7.44. The molecule has 6 nitrogen and oxygen atoms in total. The fourth-order valence-corrected chi connectivity index (χ4v) is 7.44. The largest absolute Gasteiger partial charge is 0.497 e. The van der Waals surface area contributed by atoms with Crippen molar-refractivity contribution in [3.8, 4) is 17.6 Å². The van der Waals surface area contributed by atoms with E-state index in [0.717, 1.165) is 28.0 Å². The van der Waals surface area contributed by atoms with Crippen molar-refractivity contribution in [1.82, 2.24) is 0 Å². The number of benzene rings is 1. The van der Waals surface area contributed by atoms with Crippen molar-refractivity contribution in [3.63, 3.8) is 0 Å². The Morgan fingerprint density at radius 1 is 1.16 bits per heavy atom. The second-order valence-electron chi connectivity index (χ2n) is 14.6. The van der Waals surface area contributed by atoms with E-state index in [1.807, 2.05) is 45.0 Å². The summed E-state index contributed by atoms with van der Waals surface area (Å²) in [6, 6.07) is 7.83. The Hall–Kier alpha value is -1.92. The van der Waals surface area contributed by atoms with E-state index >= 15 is 0 Å². The highest BCUT2D eigenvalue weighted by molar-refractivity contribution is 6.74. The normalized spacial score (nSPS) is 29.3. The molecule has 2 N–H and O–H groups in total. The molecule has 2 fully saturated rings. The molecule has 0 bridgehead atoms. The Kier molecular flexibility index (Phi) is 10.9. The van der Waals surface area contributed by atoms with Gasteiger partial charge in [-0.2, -0.15) is 0 Å². The maximum Gasteiger partial charge on any atom is 0.195 e. The van der Waals surface area contributed by atoms with E-state index in [-0.39, 0.29) is 11.0 Å². The zero-order valence-corrected chi connectivity index (χ0v) is 29.5. The molecule has 1 unspecified atom stereocenters. The van der Waals surface area contributed by atoms with Gasteiger partial charge in [-0.1, -0.05) is 71.1 Å². The molecule has 0 spiro atoms. The third-order valence-electron chi connectivity index (χ3n) is 10.1. The number of methoxy groups -OCH3 is 1. The highest BCUT2D eigenvalue weighted by atomic mass is 28.4. The lowest BCUT2D eigenvalue weighted by molar-refractivity contribution is -0.202. The molecule has 1 aromatic rings. The fourth-order valence-electron chi connectivity index (χ4n) is 6.29. The molecule has 7 heteroatoms. The summed E-state index contributed by atoms with van der Waals surface area (Å²) >= 11 is 0. The zero-order chi connectivity index (χ0) is 32.4. The van der Waals surface area contributed by atoms with Gasteiger partial charge in [0.1, 0.15) is 29.3 Å². The molecular weight excluding hydrogens is 556 g/mol. The van der Waals surface area contributed by atoms with Crippen LogP contribution in [0.3, 0.4) is 0 Å². The smallest absolute Gasteiger partial charge is 0.195 e. The Balaban J connectivity index is 1.86. The van der Waals surface area contributed by atoms with E-state index < -0.39 is 37.3 Å². The summed E-state index contributed by atoms with van der Waals surface area (Å²) in [7, 11) is -0.539. The molecule has 240 valence electrons. The van der Waals surface area contributed by atoms with Crippen LogP contribution in [0.25, 0.3) is 0 Å². The van der Waals surface area contributed by atoms with E-state index in [1.54, 1.807) is 7.11 Å². The van der Waals surface area contributed by atoms with Gasteiger partial charge >= 0.3 is 0 Å². The number of hydrogen-bond donors (Lipinski definition) is 2. The quantitative estimate of drug-likeness (QED) is 0.110. The van der Waals surface area contributed by atoms with Gasteiger partial charge in [-0.15, -0.1) is 6.58 Å². The molecule has 2 aliphatic rings. The number of hydrogen-bond acceptors (Lipinski definition) is 6. The van der Waals surface area contributed by atoms with Gasteiger partial charge in [0.2, 0.25) is 0 Å². The standard InChI is InChI=1S/C36H56O6Si/c1-25(2)20-21-35(37)34(9)23-30(42-43(11,12)33(6,7)8)41-32(36(34,35)38)31(26(3)4)27(5)15-13-14-22-40-24-28-16-18-29(39-10)19-17-28/h16-19,26,30,32,37-38H,1,14,20-24H2,2-12H3/b31-27-/t30-,32-,34?,35+,36-/m1/s1. The van der Waals surface area contributed by atoms with Crippen LogP contribution in [-0.4, -0.2) is 55.8 Å². The Morgan fingerprint density at radius 3 is 2.33 bits per heavy atom. The maximum absolute atomic E-state index is 12.4. The molecule has 1 saturated heterocycles. The van der Waals surface area contributed by atoms with E-state index in [9.17, 15) is 10.2 Å². The SMILES string of the molecule is C=C(C)CC[C@]1(O)C2(C)C[C@@H](O[Si](C)(C)C(C)(C)C)O[C@H](/C(=C(/C)C#CCCOCc3ccc(OC)cc3)C(C)C)[C@@]21O. The molecule has 5 atom stereocenters. The number of allylic oxidation sites excluding steroid dienone is 2. The molecular formula is C36H56O6Si. The van der Waals surface area contributed by atoms with Gasteiger partial charge in [0.15, 0.2) is 8.32 Å². The van der Waals surface area contributed by atoms with Crippen molar-refractivity contribution in [1.29, 1.82) is 0 Å². The van der Waals surface area contributed by atoms with Gasteiger partial charge in [0.25, 0.3) is 0 Å². The van der Waals surface area contributed by atoms with Gasteiger partial charge in [0, 0.05) is 23.8 Å². The lowest BCUT2D eigenvalue weighted by Gasteiger charge is -2.44. The summed E-state index contributed by atoms with van der Waals surface area (Å²) in [5, 5.41) is 24.5. The molecule has 1 aliphatic carbocycles. The van der Waals surface area contributed by atoms with Crippen LogP contribution in [0.5, 0.6) is 5.75 Å². The van der Waals surface area contributed by atoms with Crippen LogP contribution in [0.4, 0.5) is 0 Å². The lowest BCUT2D eigenvalue weighted by Crippen LogP contribution is -2.52. The predicted molar refractivity (Wildman–Crippen MR) is 176 cm³/mol. The van der Waals surface area contributed by atoms with Gasteiger partial charge < -0.3 is 28.8 Å². The van der Waals surface area contributed by atoms with E-state index in [0.29, 0.717) is 38.9 Å². The van der Waals surface area contributed by atoms with Crippen molar-refractivity contribution in [2.24, 2.45) is 11.3 Å². The van der Waals surface area contributed by atoms with Gasteiger partial charge in [-0.3, -0.25) is 0 Å². The lowest BCUT2D eigenvalue weighted by atomic mass is 9.83. The summed E-state index contributed by atoms with van der Waals surface area (Å²) in [6.45, 7) is 26.2. The van der Waals surface area contributed by atoms with Crippen LogP contribution < -0.4 is 4.74 Å². The minimum atomic E-state index is -2.19. The highest BCUT2D eigenvalue weighted by Crippen LogP contribution is 2.74.